The fourth-order valence-corrected chi connectivity index (χ4v) is 4.08. The molecular weight excluding hydrogens is 352 g/mol. The van der Waals surface area contributed by atoms with Gasteiger partial charge in [0, 0.05) is 18.8 Å². The highest BCUT2D eigenvalue weighted by Crippen LogP contribution is 2.24. The lowest BCUT2D eigenvalue weighted by Crippen LogP contribution is -2.42. The van der Waals surface area contributed by atoms with Crippen LogP contribution in [-0.2, 0) is 19.5 Å². The Morgan fingerprint density at radius 3 is 3.00 bits per heavy atom. The zero-order valence-electron chi connectivity index (χ0n) is 17.0. The topological polar surface area (TPSA) is 59.4 Å². The molecule has 0 bridgehead atoms. The number of rotatable bonds is 5. The lowest BCUT2D eigenvalue weighted by molar-refractivity contribution is 0.0910. The molecule has 6 nitrogen and oxygen atoms in total. The lowest BCUT2D eigenvalue weighted by Gasteiger charge is -2.33. The number of aromatic nitrogens is 2. The third kappa shape index (κ3) is 4.07. The molecule has 2 unspecified atom stereocenters. The Labute approximate surface area is 166 Å². The second-order valence-corrected chi connectivity index (χ2v) is 8.53. The maximum atomic E-state index is 12.8. The summed E-state index contributed by atoms with van der Waals surface area (Å²) in [5.41, 5.74) is 1.64. The van der Waals surface area contributed by atoms with Crippen molar-refractivity contribution in [2.75, 3.05) is 13.7 Å². The van der Waals surface area contributed by atoms with Crippen molar-refractivity contribution in [3.05, 3.63) is 47.5 Å². The molecule has 2 aliphatic heterocycles. The minimum atomic E-state index is -0.115. The molecule has 3 heterocycles. The summed E-state index contributed by atoms with van der Waals surface area (Å²) in [5.74, 6) is 2.48. The number of hydrogen-bond donors (Lipinski definition) is 1. The number of fused-ring (bicyclic) bond motifs is 2. The first-order valence-electron chi connectivity index (χ1n) is 10.3. The number of ether oxygens (including phenoxy) is 1. The second kappa shape index (κ2) is 7.95. The molecule has 28 heavy (non-hydrogen) atoms. The molecule has 1 aromatic heterocycles. The van der Waals surface area contributed by atoms with Crippen molar-refractivity contribution in [1.82, 2.24) is 19.8 Å². The first-order valence-corrected chi connectivity index (χ1v) is 10.3. The van der Waals surface area contributed by atoms with E-state index in [0.29, 0.717) is 24.3 Å². The quantitative estimate of drug-likeness (QED) is 0.864. The Balaban J connectivity index is 1.40. The Kier molecular flexibility index (Phi) is 5.40. The Morgan fingerprint density at radius 2 is 2.18 bits per heavy atom. The third-order valence-electron chi connectivity index (χ3n) is 5.80. The van der Waals surface area contributed by atoms with Crippen LogP contribution >= 0.6 is 0 Å². The highest BCUT2D eigenvalue weighted by Gasteiger charge is 2.27. The van der Waals surface area contributed by atoms with E-state index >= 15 is 0 Å². The van der Waals surface area contributed by atoms with E-state index in [4.69, 9.17) is 4.74 Å². The summed E-state index contributed by atoms with van der Waals surface area (Å²) in [6, 6.07) is 8.48. The monoisotopic (exact) mass is 382 g/mol. The summed E-state index contributed by atoms with van der Waals surface area (Å²) in [5, 5.41) is 3.09. The van der Waals surface area contributed by atoms with Crippen LogP contribution in [-0.4, -0.2) is 46.1 Å². The molecule has 4 rings (SSSR count). The van der Waals surface area contributed by atoms with Gasteiger partial charge in [-0.15, -0.1) is 0 Å². The number of likely N-dealkylation sites (N-methyl/N-ethyl adjacent to an activating group) is 1. The summed E-state index contributed by atoms with van der Waals surface area (Å²) >= 11 is 0. The summed E-state index contributed by atoms with van der Waals surface area (Å²) < 4.78 is 7.94. The van der Waals surface area contributed by atoms with Crippen LogP contribution in [0.1, 0.15) is 48.6 Å². The number of imidazole rings is 1. The number of para-hydroxylation sites is 1. The number of nitrogens with one attached hydrogen (secondary N) is 1. The van der Waals surface area contributed by atoms with Gasteiger partial charge < -0.3 is 14.6 Å². The van der Waals surface area contributed by atoms with Crippen LogP contribution in [0, 0.1) is 5.92 Å². The van der Waals surface area contributed by atoms with Gasteiger partial charge in [0.1, 0.15) is 23.9 Å². The molecule has 2 aliphatic rings. The van der Waals surface area contributed by atoms with Gasteiger partial charge in [-0.1, -0.05) is 32.0 Å². The highest BCUT2D eigenvalue weighted by atomic mass is 16.5. The molecule has 1 amide bonds. The van der Waals surface area contributed by atoms with Crippen molar-refractivity contribution in [3.63, 3.8) is 0 Å². The summed E-state index contributed by atoms with van der Waals surface area (Å²) in [6.07, 6.45) is 5.09. The van der Waals surface area contributed by atoms with Crippen molar-refractivity contribution >= 4 is 5.91 Å². The van der Waals surface area contributed by atoms with Crippen LogP contribution in [0.25, 0.3) is 0 Å². The largest absolute Gasteiger partial charge is 0.491 e. The smallest absolute Gasteiger partial charge is 0.271 e. The molecule has 0 spiro atoms. The van der Waals surface area contributed by atoms with E-state index in [-0.39, 0.29) is 11.9 Å². The molecule has 0 radical (unpaired) electrons. The summed E-state index contributed by atoms with van der Waals surface area (Å²) in [7, 11) is 2.15. The molecule has 2 atom stereocenters. The Hall–Kier alpha value is -2.34. The van der Waals surface area contributed by atoms with Crippen molar-refractivity contribution < 1.29 is 9.53 Å². The molecule has 6 heteroatoms. The molecule has 0 aliphatic carbocycles. The normalized spacial score (nSPS) is 21.7. The predicted octanol–water partition coefficient (Wildman–Crippen LogP) is 2.87. The first kappa shape index (κ1) is 19.0. The summed E-state index contributed by atoms with van der Waals surface area (Å²) in [6.45, 7) is 6.72. The molecule has 0 fully saturated rings. The van der Waals surface area contributed by atoms with Gasteiger partial charge in [0.2, 0.25) is 0 Å². The number of nitrogens with zero attached hydrogens (tertiary/aromatic N) is 3. The molecular formula is C22H30N4O2. The van der Waals surface area contributed by atoms with E-state index in [2.05, 4.69) is 46.7 Å². The van der Waals surface area contributed by atoms with Gasteiger partial charge in [-0.3, -0.25) is 9.69 Å². The fourth-order valence-electron chi connectivity index (χ4n) is 4.08. The van der Waals surface area contributed by atoms with Crippen LogP contribution in [0.5, 0.6) is 5.75 Å². The zero-order valence-corrected chi connectivity index (χ0v) is 17.0. The fraction of sp³-hybridized carbons (Fsp3) is 0.545. The van der Waals surface area contributed by atoms with Gasteiger partial charge in [-0.2, -0.15) is 0 Å². The first-order chi connectivity index (χ1) is 13.5. The maximum absolute atomic E-state index is 12.8. The zero-order chi connectivity index (χ0) is 19.7. The van der Waals surface area contributed by atoms with Crippen LogP contribution in [0.2, 0.25) is 0 Å². The van der Waals surface area contributed by atoms with Crippen LogP contribution in [0.4, 0.5) is 0 Å². The van der Waals surface area contributed by atoms with Crippen LogP contribution < -0.4 is 10.1 Å². The number of benzene rings is 1. The lowest BCUT2D eigenvalue weighted by atomic mass is 10.0. The van der Waals surface area contributed by atoms with Crippen molar-refractivity contribution in [3.8, 4) is 5.75 Å². The molecule has 1 aromatic carbocycles. The Morgan fingerprint density at radius 1 is 1.36 bits per heavy atom. The molecule has 0 saturated carbocycles. The van der Waals surface area contributed by atoms with Gasteiger partial charge in [0.15, 0.2) is 0 Å². The minimum Gasteiger partial charge on any atom is -0.491 e. The van der Waals surface area contributed by atoms with E-state index in [0.717, 1.165) is 36.6 Å². The predicted molar refractivity (Wildman–Crippen MR) is 108 cm³/mol. The molecule has 1 N–H and O–H groups in total. The third-order valence-corrected chi connectivity index (χ3v) is 5.80. The maximum Gasteiger partial charge on any atom is 0.271 e. The van der Waals surface area contributed by atoms with Crippen LogP contribution in [0.3, 0.4) is 0 Å². The van der Waals surface area contributed by atoms with E-state index in [1.165, 1.54) is 12.8 Å². The van der Waals surface area contributed by atoms with E-state index < -0.39 is 0 Å². The summed E-state index contributed by atoms with van der Waals surface area (Å²) in [4.78, 5) is 19.7. The van der Waals surface area contributed by atoms with Crippen molar-refractivity contribution in [2.24, 2.45) is 5.92 Å². The van der Waals surface area contributed by atoms with Gasteiger partial charge >= 0.3 is 0 Å². The molecule has 2 aromatic rings. The van der Waals surface area contributed by atoms with Crippen molar-refractivity contribution in [2.45, 2.75) is 58.3 Å². The van der Waals surface area contributed by atoms with Gasteiger partial charge in [0.25, 0.3) is 5.91 Å². The SMILES string of the molecule is CC(C)CCC1Cn2cc(C(=O)NC3COc4ccccc4C3)nc2CN1C. The van der Waals surface area contributed by atoms with E-state index in [1.807, 2.05) is 24.4 Å². The highest BCUT2D eigenvalue weighted by molar-refractivity contribution is 5.92. The second-order valence-electron chi connectivity index (χ2n) is 8.53. The Bertz CT molecular complexity index is 845. The number of amides is 1. The number of carbonyl (C=O) groups excluding carboxylic acids is 1. The minimum absolute atomic E-state index is 0.0254. The van der Waals surface area contributed by atoms with Gasteiger partial charge in [0.05, 0.1) is 12.6 Å². The number of hydrogen-bond acceptors (Lipinski definition) is 4. The standard InChI is InChI=1S/C22H30N4O2/c1-15(2)8-9-18-11-26-12-19(24-21(26)13-25(18)3)22(27)23-17-10-16-6-4-5-7-20(16)28-14-17/h4-7,12,15,17-18H,8-11,13-14H2,1-3H3,(H,23,27). The van der Waals surface area contributed by atoms with Crippen molar-refractivity contribution in [1.29, 1.82) is 0 Å². The van der Waals surface area contributed by atoms with Gasteiger partial charge in [-0.05, 0) is 43.9 Å². The van der Waals surface area contributed by atoms with E-state index in [1.54, 1.807) is 0 Å². The molecule has 150 valence electrons. The average Bonchev–Trinajstić information content (AvgIpc) is 3.09. The average molecular weight is 383 g/mol. The van der Waals surface area contributed by atoms with E-state index in [9.17, 15) is 4.79 Å². The van der Waals surface area contributed by atoms with Crippen LogP contribution in [0.15, 0.2) is 30.5 Å². The molecule has 0 saturated heterocycles. The number of carbonyl (C=O) groups is 1. The van der Waals surface area contributed by atoms with Gasteiger partial charge in [-0.25, -0.2) is 4.98 Å².